The Hall–Kier alpha value is -2.24. The van der Waals surface area contributed by atoms with E-state index in [0.29, 0.717) is 13.0 Å². The predicted octanol–water partition coefficient (Wildman–Crippen LogP) is 0.687. The molecule has 0 unspecified atom stereocenters. The normalized spacial score (nSPS) is 15.4. The van der Waals surface area contributed by atoms with Crippen molar-refractivity contribution in [1.29, 1.82) is 0 Å². The van der Waals surface area contributed by atoms with E-state index in [1.165, 1.54) is 5.01 Å². The lowest BCUT2D eigenvalue weighted by Gasteiger charge is -2.21. The molecular formula is C12H13N3O3. The Morgan fingerprint density at radius 1 is 1.44 bits per heavy atom. The molecule has 1 N–H and O–H groups in total. The number of nitrogens with zero attached hydrogens (tertiary/aromatic N) is 3. The summed E-state index contributed by atoms with van der Waals surface area (Å²) in [6, 6.07) is 3.72. The summed E-state index contributed by atoms with van der Waals surface area (Å²) in [5.41, 5.74) is 1.03. The van der Waals surface area contributed by atoms with Crippen LogP contribution in [0.25, 0.3) is 0 Å². The number of aliphatic carboxylic acids is 1. The summed E-state index contributed by atoms with van der Waals surface area (Å²) in [5.74, 6) is -1.20. The van der Waals surface area contributed by atoms with Crippen LogP contribution in [0, 0.1) is 0 Å². The van der Waals surface area contributed by atoms with Gasteiger partial charge in [-0.1, -0.05) is 6.07 Å². The summed E-state index contributed by atoms with van der Waals surface area (Å²) in [4.78, 5) is 26.4. The summed E-state index contributed by atoms with van der Waals surface area (Å²) in [6.45, 7) is 0.376. The first-order valence-electron chi connectivity index (χ1n) is 5.67. The molecule has 0 aromatic carbocycles. The third kappa shape index (κ3) is 2.91. The Kier molecular flexibility index (Phi) is 3.66. The fourth-order valence-corrected chi connectivity index (χ4v) is 1.71. The minimum Gasteiger partial charge on any atom is -0.477 e. The second kappa shape index (κ2) is 5.39. The van der Waals surface area contributed by atoms with Crippen LogP contribution in [-0.2, 0) is 16.0 Å². The minimum atomic E-state index is -1.06. The molecule has 2 rings (SSSR count). The number of hydrogen-bond acceptors (Lipinski definition) is 4. The van der Waals surface area contributed by atoms with E-state index in [4.69, 9.17) is 5.11 Å². The molecule has 6 heteroatoms. The van der Waals surface area contributed by atoms with E-state index in [9.17, 15) is 9.59 Å². The van der Waals surface area contributed by atoms with Crippen molar-refractivity contribution in [3.05, 3.63) is 30.1 Å². The highest BCUT2D eigenvalue weighted by molar-refractivity contribution is 6.36. The van der Waals surface area contributed by atoms with Crippen LogP contribution < -0.4 is 0 Å². The fourth-order valence-electron chi connectivity index (χ4n) is 1.71. The van der Waals surface area contributed by atoms with Crippen LogP contribution in [0.3, 0.4) is 0 Å². The first kappa shape index (κ1) is 12.2. The molecule has 18 heavy (non-hydrogen) atoms. The lowest BCUT2D eigenvalue weighted by molar-refractivity contribution is -0.132. The van der Waals surface area contributed by atoms with Gasteiger partial charge in [-0.05, 0) is 18.1 Å². The van der Waals surface area contributed by atoms with Crippen molar-refractivity contribution in [3.63, 3.8) is 0 Å². The van der Waals surface area contributed by atoms with Gasteiger partial charge < -0.3 is 5.11 Å². The maximum absolute atomic E-state index is 11.6. The van der Waals surface area contributed by atoms with E-state index in [0.717, 1.165) is 5.56 Å². The van der Waals surface area contributed by atoms with E-state index >= 15 is 0 Å². The number of carbonyl (C=O) groups is 2. The van der Waals surface area contributed by atoms with Gasteiger partial charge in [0.05, 0.1) is 0 Å². The van der Waals surface area contributed by atoms with Gasteiger partial charge in [-0.15, -0.1) is 0 Å². The molecular weight excluding hydrogens is 234 g/mol. The van der Waals surface area contributed by atoms with Crippen LogP contribution in [0.1, 0.15) is 18.4 Å². The molecule has 1 amide bonds. The molecule has 1 aliphatic heterocycles. The molecule has 0 spiro atoms. The minimum absolute atomic E-state index is 0.0424. The molecule has 0 saturated carbocycles. The van der Waals surface area contributed by atoms with Gasteiger partial charge in [0.2, 0.25) is 5.91 Å². The zero-order chi connectivity index (χ0) is 13.0. The third-order valence-corrected chi connectivity index (χ3v) is 2.69. The molecule has 0 radical (unpaired) electrons. The quantitative estimate of drug-likeness (QED) is 0.848. The first-order valence-corrected chi connectivity index (χ1v) is 5.67. The molecule has 94 valence electrons. The van der Waals surface area contributed by atoms with Crippen molar-refractivity contribution in [2.45, 2.75) is 19.3 Å². The lowest BCUT2D eigenvalue weighted by atomic mass is 10.1. The number of carbonyl (C=O) groups excluding carboxylic acids is 1. The highest BCUT2D eigenvalue weighted by atomic mass is 16.4. The highest BCUT2D eigenvalue weighted by Crippen LogP contribution is 2.10. The molecule has 6 nitrogen and oxygen atoms in total. The van der Waals surface area contributed by atoms with Crippen LogP contribution in [0.5, 0.6) is 0 Å². The monoisotopic (exact) mass is 247 g/mol. The third-order valence-electron chi connectivity index (χ3n) is 2.69. The number of amides is 1. The topological polar surface area (TPSA) is 82.9 Å². The van der Waals surface area contributed by atoms with E-state index in [1.54, 1.807) is 12.4 Å². The smallest absolute Gasteiger partial charge is 0.352 e. The fraction of sp³-hybridized carbons (Fsp3) is 0.333. The van der Waals surface area contributed by atoms with Crippen LogP contribution in [-0.4, -0.2) is 39.2 Å². The van der Waals surface area contributed by atoms with Gasteiger partial charge in [0.15, 0.2) is 0 Å². The Balaban J connectivity index is 2.01. The Labute approximate surface area is 104 Å². The molecule has 1 aromatic heterocycles. The summed E-state index contributed by atoms with van der Waals surface area (Å²) in [6.07, 6.45) is 4.41. The number of hydrazone groups is 1. The second-order valence-corrected chi connectivity index (χ2v) is 3.98. The van der Waals surface area contributed by atoms with Gasteiger partial charge in [-0.25, -0.2) is 9.80 Å². The SMILES string of the molecule is O=C(O)C1=NN(CCc2cccnc2)C(=O)CC1. The van der Waals surface area contributed by atoms with Crippen molar-refractivity contribution >= 4 is 17.6 Å². The lowest BCUT2D eigenvalue weighted by Crippen LogP contribution is -2.35. The second-order valence-electron chi connectivity index (χ2n) is 3.98. The van der Waals surface area contributed by atoms with Gasteiger partial charge in [-0.3, -0.25) is 9.78 Å². The molecule has 0 bridgehead atoms. The number of carboxylic acid groups (broad SMARTS) is 1. The Morgan fingerprint density at radius 3 is 2.94 bits per heavy atom. The number of rotatable bonds is 4. The summed E-state index contributed by atoms with van der Waals surface area (Å²) in [7, 11) is 0. The molecule has 0 saturated heterocycles. The molecule has 1 aromatic rings. The van der Waals surface area contributed by atoms with Gasteiger partial charge in [0.25, 0.3) is 0 Å². The van der Waals surface area contributed by atoms with Gasteiger partial charge in [-0.2, -0.15) is 5.10 Å². The van der Waals surface area contributed by atoms with E-state index in [2.05, 4.69) is 10.1 Å². The molecule has 0 aliphatic carbocycles. The summed E-state index contributed by atoms with van der Waals surface area (Å²) < 4.78 is 0. The largest absolute Gasteiger partial charge is 0.477 e. The summed E-state index contributed by atoms with van der Waals surface area (Å²) in [5, 5.41) is 13.9. The average Bonchev–Trinajstić information content (AvgIpc) is 2.38. The van der Waals surface area contributed by atoms with Crippen molar-refractivity contribution in [3.8, 4) is 0 Å². The zero-order valence-electron chi connectivity index (χ0n) is 9.74. The molecule has 2 heterocycles. The number of aromatic nitrogens is 1. The molecule has 0 fully saturated rings. The first-order chi connectivity index (χ1) is 8.66. The van der Waals surface area contributed by atoms with Gasteiger partial charge in [0.1, 0.15) is 5.71 Å². The van der Waals surface area contributed by atoms with Gasteiger partial charge in [0, 0.05) is 31.8 Å². The summed E-state index contributed by atoms with van der Waals surface area (Å²) >= 11 is 0. The van der Waals surface area contributed by atoms with Crippen molar-refractivity contribution < 1.29 is 14.7 Å². The highest BCUT2D eigenvalue weighted by Gasteiger charge is 2.23. The molecule has 0 atom stereocenters. The van der Waals surface area contributed by atoms with Crippen LogP contribution in [0.4, 0.5) is 0 Å². The number of pyridine rings is 1. The van der Waals surface area contributed by atoms with Crippen molar-refractivity contribution in [1.82, 2.24) is 9.99 Å². The standard InChI is InChI=1S/C12H13N3O3/c16-11-4-3-10(12(17)18)14-15(11)7-5-9-2-1-6-13-8-9/h1-2,6,8H,3-5,7H2,(H,17,18). The van der Waals surface area contributed by atoms with Crippen molar-refractivity contribution in [2.24, 2.45) is 5.10 Å². The average molecular weight is 247 g/mol. The van der Waals surface area contributed by atoms with E-state index < -0.39 is 5.97 Å². The molecule has 1 aliphatic rings. The van der Waals surface area contributed by atoms with E-state index in [1.807, 2.05) is 12.1 Å². The van der Waals surface area contributed by atoms with E-state index in [-0.39, 0.29) is 24.5 Å². The zero-order valence-corrected chi connectivity index (χ0v) is 9.74. The number of carboxylic acids is 1. The van der Waals surface area contributed by atoms with Gasteiger partial charge >= 0.3 is 5.97 Å². The Morgan fingerprint density at radius 2 is 2.28 bits per heavy atom. The van der Waals surface area contributed by atoms with Crippen LogP contribution >= 0.6 is 0 Å². The van der Waals surface area contributed by atoms with Crippen LogP contribution in [0.15, 0.2) is 29.6 Å². The predicted molar refractivity (Wildman–Crippen MR) is 64.0 cm³/mol. The maximum atomic E-state index is 11.6. The maximum Gasteiger partial charge on any atom is 0.352 e. The number of hydrogen-bond donors (Lipinski definition) is 1. The van der Waals surface area contributed by atoms with Crippen LogP contribution in [0.2, 0.25) is 0 Å². The van der Waals surface area contributed by atoms with Crippen molar-refractivity contribution in [2.75, 3.05) is 6.54 Å². The Bertz CT molecular complexity index is 485.